The van der Waals surface area contributed by atoms with Gasteiger partial charge in [-0.05, 0) is 43.0 Å². The van der Waals surface area contributed by atoms with E-state index in [1.807, 2.05) is 29.2 Å². The molecule has 0 saturated carbocycles. The van der Waals surface area contributed by atoms with Crippen molar-refractivity contribution in [2.45, 2.75) is 25.3 Å². The van der Waals surface area contributed by atoms with E-state index in [9.17, 15) is 14.0 Å². The fraction of sp³-hybridized carbons (Fsp3) is 0.273. The smallest absolute Gasteiger partial charge is 0.259 e. The fourth-order valence-corrected chi connectivity index (χ4v) is 4.04. The number of nitrogens with zero attached hydrogens (tertiary/aromatic N) is 2. The van der Waals surface area contributed by atoms with Crippen LogP contribution in [0.25, 0.3) is 5.70 Å². The van der Waals surface area contributed by atoms with Gasteiger partial charge in [0, 0.05) is 29.4 Å². The number of halogens is 1. The molecule has 1 saturated heterocycles. The maximum Gasteiger partial charge on any atom is 0.259 e. The monoisotopic (exact) mass is 364 g/mol. The number of hydrogen-bond donors (Lipinski definition) is 0. The normalized spacial score (nSPS) is 18.9. The number of carbonyl (C=O) groups excluding carboxylic acids is 2. The molecule has 2 heterocycles. The Morgan fingerprint density at radius 1 is 1.15 bits per heavy atom. The molecule has 0 unspecified atom stereocenters. The molecule has 2 aromatic rings. The summed E-state index contributed by atoms with van der Waals surface area (Å²) >= 11 is 0. The van der Waals surface area contributed by atoms with E-state index in [1.54, 1.807) is 12.1 Å². The zero-order chi connectivity index (χ0) is 19.0. The van der Waals surface area contributed by atoms with E-state index in [0.717, 1.165) is 24.0 Å². The lowest BCUT2D eigenvalue weighted by Crippen LogP contribution is -2.43. The van der Waals surface area contributed by atoms with Crippen molar-refractivity contribution in [3.05, 3.63) is 77.6 Å². The van der Waals surface area contributed by atoms with Crippen LogP contribution in [0.15, 0.2) is 55.1 Å². The molecule has 138 valence electrons. The Morgan fingerprint density at radius 2 is 1.93 bits per heavy atom. The molecule has 1 atom stereocenters. The molecule has 4 rings (SSSR count). The molecule has 2 amide bonds. The minimum Gasteiger partial charge on any atom is -0.338 e. The molecule has 0 N–H and O–H groups in total. The first-order valence-corrected chi connectivity index (χ1v) is 9.18. The molecule has 0 radical (unpaired) electrons. The number of carbonyl (C=O) groups is 2. The summed E-state index contributed by atoms with van der Waals surface area (Å²) in [6, 6.07) is 13.8. The summed E-state index contributed by atoms with van der Waals surface area (Å²) in [5, 5.41) is 0. The summed E-state index contributed by atoms with van der Waals surface area (Å²) in [6.07, 6.45) is 2.43. The highest BCUT2D eigenvalue weighted by Gasteiger charge is 2.35. The molecule has 27 heavy (non-hydrogen) atoms. The van der Waals surface area contributed by atoms with Gasteiger partial charge in [-0.3, -0.25) is 14.5 Å². The van der Waals surface area contributed by atoms with Crippen LogP contribution < -0.4 is 0 Å². The minimum atomic E-state index is -0.264. The van der Waals surface area contributed by atoms with Crippen LogP contribution in [0.3, 0.4) is 0 Å². The molecule has 2 aliphatic heterocycles. The van der Waals surface area contributed by atoms with Crippen molar-refractivity contribution >= 4 is 17.5 Å². The quantitative estimate of drug-likeness (QED) is 0.833. The van der Waals surface area contributed by atoms with E-state index in [1.165, 1.54) is 17.0 Å². The minimum absolute atomic E-state index is 0.00794. The van der Waals surface area contributed by atoms with Gasteiger partial charge < -0.3 is 4.90 Å². The molecule has 0 aromatic heterocycles. The van der Waals surface area contributed by atoms with Crippen molar-refractivity contribution < 1.29 is 14.0 Å². The average Bonchev–Trinajstić information content (AvgIpc) is 3.21. The second-order valence-corrected chi connectivity index (χ2v) is 7.10. The highest BCUT2D eigenvalue weighted by molar-refractivity contribution is 6.10. The van der Waals surface area contributed by atoms with Gasteiger partial charge in [0.15, 0.2) is 0 Å². The number of fused-ring (bicyclic) bond motifs is 1. The van der Waals surface area contributed by atoms with Crippen molar-refractivity contribution in [3.8, 4) is 0 Å². The molecule has 0 aliphatic carbocycles. The predicted molar refractivity (Wildman–Crippen MR) is 101 cm³/mol. The standard InChI is InChI=1S/C22H21FN2O2/c1-15-19-9-2-3-10-20(19)22(27)25(15)14-21(26)24-11-5-8-18(24)13-16-6-4-7-17(23)12-16/h2-4,6-7,9-10,12,18H,1,5,8,11,13-14H2/t18-/m1/s1. The van der Waals surface area contributed by atoms with Crippen LogP contribution in [0.5, 0.6) is 0 Å². The molecule has 4 nitrogen and oxygen atoms in total. The summed E-state index contributed by atoms with van der Waals surface area (Å²) in [4.78, 5) is 28.8. The number of hydrogen-bond acceptors (Lipinski definition) is 2. The molecule has 5 heteroatoms. The van der Waals surface area contributed by atoms with Crippen LogP contribution in [-0.4, -0.2) is 40.7 Å². The van der Waals surface area contributed by atoms with Gasteiger partial charge in [0.25, 0.3) is 5.91 Å². The molecule has 0 bridgehead atoms. The lowest BCUT2D eigenvalue weighted by atomic mass is 10.0. The molecular weight excluding hydrogens is 343 g/mol. The Labute approximate surface area is 157 Å². The Balaban J connectivity index is 1.46. The number of amides is 2. The van der Waals surface area contributed by atoms with Crippen molar-refractivity contribution in [3.63, 3.8) is 0 Å². The first-order valence-electron chi connectivity index (χ1n) is 9.18. The van der Waals surface area contributed by atoms with Crippen LogP contribution in [0.4, 0.5) is 4.39 Å². The second-order valence-electron chi connectivity index (χ2n) is 7.10. The molecule has 2 aromatic carbocycles. The SMILES string of the molecule is C=C1c2ccccc2C(=O)N1CC(=O)N1CCC[C@@H]1Cc1cccc(F)c1. The van der Waals surface area contributed by atoms with Gasteiger partial charge in [0.2, 0.25) is 5.91 Å². The predicted octanol–water partition coefficient (Wildman–Crippen LogP) is 3.49. The fourth-order valence-electron chi connectivity index (χ4n) is 4.04. The molecule has 0 spiro atoms. The summed E-state index contributed by atoms with van der Waals surface area (Å²) in [5.41, 5.74) is 2.83. The van der Waals surface area contributed by atoms with Crippen LogP contribution in [0.2, 0.25) is 0 Å². The largest absolute Gasteiger partial charge is 0.338 e. The van der Waals surface area contributed by atoms with Gasteiger partial charge in [0.05, 0.1) is 0 Å². The van der Waals surface area contributed by atoms with Gasteiger partial charge in [-0.2, -0.15) is 0 Å². The zero-order valence-corrected chi connectivity index (χ0v) is 15.0. The van der Waals surface area contributed by atoms with E-state index >= 15 is 0 Å². The van der Waals surface area contributed by atoms with E-state index in [4.69, 9.17) is 0 Å². The Bertz CT molecular complexity index is 889. The van der Waals surface area contributed by atoms with Crippen molar-refractivity contribution in [1.82, 2.24) is 9.80 Å². The highest BCUT2D eigenvalue weighted by Crippen LogP contribution is 2.31. The van der Waals surface area contributed by atoms with Crippen LogP contribution in [0.1, 0.15) is 34.3 Å². The summed E-state index contributed by atoms with van der Waals surface area (Å²) in [5.74, 6) is -0.527. The van der Waals surface area contributed by atoms with Gasteiger partial charge in [-0.15, -0.1) is 0 Å². The summed E-state index contributed by atoms with van der Waals surface area (Å²) in [6.45, 7) is 4.66. The van der Waals surface area contributed by atoms with Gasteiger partial charge >= 0.3 is 0 Å². The molecule has 2 aliphatic rings. The lowest BCUT2D eigenvalue weighted by molar-refractivity contribution is -0.132. The third-order valence-electron chi connectivity index (χ3n) is 5.39. The third kappa shape index (κ3) is 3.25. The van der Waals surface area contributed by atoms with E-state index in [0.29, 0.717) is 24.2 Å². The van der Waals surface area contributed by atoms with Crippen molar-refractivity contribution in [1.29, 1.82) is 0 Å². The number of rotatable bonds is 4. The van der Waals surface area contributed by atoms with Gasteiger partial charge in [0.1, 0.15) is 12.4 Å². The van der Waals surface area contributed by atoms with E-state index in [2.05, 4.69) is 6.58 Å². The van der Waals surface area contributed by atoms with Crippen LogP contribution in [-0.2, 0) is 11.2 Å². The maximum atomic E-state index is 13.4. The third-order valence-corrected chi connectivity index (χ3v) is 5.39. The lowest BCUT2D eigenvalue weighted by Gasteiger charge is -2.27. The Hall–Kier alpha value is -2.95. The second kappa shape index (κ2) is 6.99. The number of benzene rings is 2. The van der Waals surface area contributed by atoms with E-state index < -0.39 is 0 Å². The zero-order valence-electron chi connectivity index (χ0n) is 15.0. The van der Waals surface area contributed by atoms with Gasteiger partial charge in [-0.1, -0.05) is 36.9 Å². The van der Waals surface area contributed by atoms with Crippen LogP contribution >= 0.6 is 0 Å². The van der Waals surface area contributed by atoms with Gasteiger partial charge in [-0.25, -0.2) is 4.39 Å². The van der Waals surface area contributed by atoms with Crippen LogP contribution in [0, 0.1) is 5.82 Å². The molecular formula is C22H21FN2O2. The summed E-state index contributed by atoms with van der Waals surface area (Å²) in [7, 11) is 0. The first-order chi connectivity index (χ1) is 13.0. The Morgan fingerprint density at radius 3 is 2.67 bits per heavy atom. The van der Waals surface area contributed by atoms with Crippen molar-refractivity contribution in [2.24, 2.45) is 0 Å². The summed E-state index contributed by atoms with van der Waals surface area (Å²) < 4.78 is 13.4. The topological polar surface area (TPSA) is 40.6 Å². The maximum absolute atomic E-state index is 13.4. The Kier molecular flexibility index (Phi) is 4.52. The average molecular weight is 364 g/mol. The van der Waals surface area contributed by atoms with E-state index in [-0.39, 0.29) is 30.2 Å². The van der Waals surface area contributed by atoms with Crippen molar-refractivity contribution in [2.75, 3.05) is 13.1 Å². The number of likely N-dealkylation sites (tertiary alicyclic amines) is 1. The molecule has 1 fully saturated rings. The first kappa shape index (κ1) is 17.5. The highest BCUT2D eigenvalue weighted by atomic mass is 19.1.